The van der Waals surface area contributed by atoms with Crippen LogP contribution >= 0.6 is 11.3 Å². The summed E-state index contributed by atoms with van der Waals surface area (Å²) in [6.07, 6.45) is 2.09. The molecule has 9 heteroatoms. The molecule has 0 spiro atoms. The maximum absolute atomic E-state index is 12.8. The summed E-state index contributed by atoms with van der Waals surface area (Å²) in [6.45, 7) is 3.90. The first-order chi connectivity index (χ1) is 15.4. The summed E-state index contributed by atoms with van der Waals surface area (Å²) in [5, 5.41) is 8.17. The third kappa shape index (κ3) is 3.62. The van der Waals surface area contributed by atoms with Crippen LogP contribution in [0.5, 0.6) is 0 Å². The Morgan fingerprint density at radius 3 is 2.84 bits per heavy atom. The lowest BCUT2D eigenvalue weighted by Crippen LogP contribution is -2.20. The Labute approximate surface area is 186 Å². The molecule has 0 bridgehead atoms. The zero-order chi connectivity index (χ0) is 22.4. The molecule has 1 aliphatic rings. The number of carbonyl (C=O) groups excluding carboxylic acids is 1. The summed E-state index contributed by atoms with van der Waals surface area (Å²) in [7, 11) is 0. The van der Waals surface area contributed by atoms with E-state index in [1.807, 2.05) is 0 Å². The van der Waals surface area contributed by atoms with E-state index in [2.05, 4.69) is 27.1 Å². The highest BCUT2D eigenvalue weighted by Crippen LogP contribution is 2.36. The minimum Gasteiger partial charge on any atom is -0.454 e. The van der Waals surface area contributed by atoms with Crippen LogP contribution in [0.2, 0.25) is 0 Å². The predicted molar refractivity (Wildman–Crippen MR) is 122 cm³/mol. The van der Waals surface area contributed by atoms with Crippen LogP contribution in [-0.4, -0.2) is 26.1 Å². The lowest BCUT2D eigenvalue weighted by molar-refractivity contribution is -0.148. The molecule has 2 N–H and O–H groups in total. The number of aryl methyl sites for hydroxylation is 1. The van der Waals surface area contributed by atoms with Crippen LogP contribution < -0.4 is 11.1 Å². The lowest BCUT2D eigenvalue weighted by atomic mass is 9.89. The van der Waals surface area contributed by atoms with Crippen LogP contribution in [0.15, 0.2) is 33.9 Å². The van der Waals surface area contributed by atoms with Gasteiger partial charge in [0.05, 0.1) is 22.9 Å². The van der Waals surface area contributed by atoms with Crippen LogP contribution in [0.3, 0.4) is 0 Å². The van der Waals surface area contributed by atoms with Crippen molar-refractivity contribution in [3.05, 3.63) is 66.9 Å². The molecule has 0 unspecified atom stereocenters. The van der Waals surface area contributed by atoms with Gasteiger partial charge in [-0.1, -0.05) is 25.1 Å². The highest BCUT2D eigenvalue weighted by Gasteiger charge is 2.24. The Bertz CT molecular complexity index is 1470. The van der Waals surface area contributed by atoms with Crippen molar-refractivity contribution in [1.29, 1.82) is 0 Å². The second-order valence-electron chi connectivity index (χ2n) is 8.34. The zero-order valence-corrected chi connectivity index (χ0v) is 18.5. The van der Waals surface area contributed by atoms with Gasteiger partial charge in [0.15, 0.2) is 11.9 Å². The highest BCUT2D eigenvalue weighted by atomic mass is 32.1. The Balaban J connectivity index is 1.39. The molecule has 8 nitrogen and oxygen atoms in total. The molecule has 3 heterocycles. The van der Waals surface area contributed by atoms with Gasteiger partial charge < -0.3 is 9.72 Å². The Hall–Kier alpha value is -3.33. The average Bonchev–Trinajstić information content (AvgIpc) is 3.13. The summed E-state index contributed by atoms with van der Waals surface area (Å²) < 4.78 is 5.54. The molecular formula is C23H22N4O4S. The minimum absolute atomic E-state index is 0.112. The quantitative estimate of drug-likeness (QED) is 0.461. The number of carbonyl (C=O) groups is 1. The van der Waals surface area contributed by atoms with Crippen molar-refractivity contribution in [2.45, 2.75) is 45.6 Å². The van der Waals surface area contributed by atoms with Crippen molar-refractivity contribution in [2.75, 3.05) is 0 Å². The molecule has 2 atom stereocenters. The third-order valence-corrected chi connectivity index (χ3v) is 7.11. The van der Waals surface area contributed by atoms with Crippen LogP contribution in [0.25, 0.3) is 21.0 Å². The molecule has 0 radical (unpaired) electrons. The van der Waals surface area contributed by atoms with E-state index in [1.54, 1.807) is 42.5 Å². The highest BCUT2D eigenvalue weighted by molar-refractivity contribution is 7.18. The number of rotatable bonds is 4. The SMILES string of the molecule is C[C@H]1CCc2c(sc3nc([C@@H](C)OC(=O)Cc4n[nH]c(=O)c5ccccc45)[nH]c(=O)c23)C1. The molecule has 32 heavy (non-hydrogen) atoms. The number of hydrogen-bond donors (Lipinski definition) is 2. The standard InChI is InChI=1S/C23H22N4O4S/c1-11-7-8-15-17(9-11)32-23-19(15)22(30)24-20(25-23)12(2)31-18(28)10-16-13-5-3-4-6-14(13)21(29)27-26-16/h3-6,11-12H,7-10H2,1-2H3,(H,27,29)(H,24,25,30)/t11-,12+/m0/s1. The molecule has 0 saturated carbocycles. The minimum atomic E-state index is -0.730. The van der Waals surface area contributed by atoms with E-state index in [1.165, 1.54) is 4.88 Å². The van der Waals surface area contributed by atoms with Gasteiger partial charge in [-0.2, -0.15) is 5.10 Å². The summed E-state index contributed by atoms with van der Waals surface area (Å²) in [5.74, 6) is 0.401. The van der Waals surface area contributed by atoms with Crippen molar-refractivity contribution < 1.29 is 9.53 Å². The number of hydrogen-bond acceptors (Lipinski definition) is 7. The number of nitrogens with zero attached hydrogens (tertiary/aromatic N) is 2. The fourth-order valence-corrected chi connectivity index (χ4v) is 5.69. The molecule has 0 aliphatic heterocycles. The molecule has 164 valence electrons. The van der Waals surface area contributed by atoms with E-state index in [4.69, 9.17) is 4.74 Å². The Morgan fingerprint density at radius 1 is 1.25 bits per heavy atom. The molecule has 1 aromatic carbocycles. The summed E-state index contributed by atoms with van der Waals surface area (Å²) in [5.41, 5.74) is 1.04. The molecule has 0 fully saturated rings. The molecule has 1 aliphatic carbocycles. The van der Waals surface area contributed by atoms with E-state index in [9.17, 15) is 14.4 Å². The number of aromatic amines is 2. The van der Waals surface area contributed by atoms with Crippen molar-refractivity contribution in [2.24, 2.45) is 5.92 Å². The summed E-state index contributed by atoms with van der Waals surface area (Å²) in [4.78, 5) is 46.7. The molecule has 3 aromatic heterocycles. The zero-order valence-electron chi connectivity index (χ0n) is 17.7. The Morgan fingerprint density at radius 2 is 2.03 bits per heavy atom. The van der Waals surface area contributed by atoms with Crippen LogP contribution in [0.1, 0.15) is 48.3 Å². The van der Waals surface area contributed by atoms with Crippen molar-refractivity contribution in [3.8, 4) is 0 Å². The normalized spacial score (nSPS) is 16.8. The number of H-pyrrole nitrogens is 2. The number of benzene rings is 1. The number of thiophene rings is 1. The van der Waals surface area contributed by atoms with Gasteiger partial charge in [-0.25, -0.2) is 10.1 Å². The first-order valence-corrected chi connectivity index (χ1v) is 11.4. The number of aromatic nitrogens is 4. The van der Waals surface area contributed by atoms with Crippen LogP contribution in [0, 0.1) is 5.92 Å². The summed E-state index contributed by atoms with van der Waals surface area (Å²) in [6, 6.07) is 6.96. The second-order valence-corrected chi connectivity index (χ2v) is 9.42. The van der Waals surface area contributed by atoms with Gasteiger partial charge >= 0.3 is 5.97 Å². The molecule has 5 rings (SSSR count). The van der Waals surface area contributed by atoms with E-state index < -0.39 is 12.1 Å². The number of esters is 1. The van der Waals surface area contributed by atoms with Gasteiger partial charge in [-0.05, 0) is 43.7 Å². The van der Waals surface area contributed by atoms with Crippen LogP contribution in [0.4, 0.5) is 0 Å². The monoisotopic (exact) mass is 450 g/mol. The average molecular weight is 451 g/mol. The molecule has 4 aromatic rings. The molecular weight excluding hydrogens is 428 g/mol. The van der Waals surface area contributed by atoms with Gasteiger partial charge in [0.25, 0.3) is 11.1 Å². The van der Waals surface area contributed by atoms with E-state index >= 15 is 0 Å². The van der Waals surface area contributed by atoms with Gasteiger partial charge in [0.1, 0.15) is 4.83 Å². The molecule has 0 amide bonds. The smallest absolute Gasteiger partial charge is 0.312 e. The fourth-order valence-electron chi connectivity index (χ4n) is 4.30. The van der Waals surface area contributed by atoms with Crippen molar-refractivity contribution in [3.63, 3.8) is 0 Å². The van der Waals surface area contributed by atoms with Gasteiger partial charge in [0, 0.05) is 10.3 Å². The lowest BCUT2D eigenvalue weighted by Gasteiger charge is -2.17. The maximum atomic E-state index is 12.8. The number of nitrogens with one attached hydrogen (secondary N) is 2. The second kappa shape index (κ2) is 7.98. The van der Waals surface area contributed by atoms with Gasteiger partial charge in [-0.3, -0.25) is 14.4 Å². The number of ether oxygens (including phenoxy) is 1. The Kier molecular flexibility index (Phi) is 5.13. The molecule has 0 saturated heterocycles. The van der Waals surface area contributed by atoms with Gasteiger partial charge in [-0.15, -0.1) is 11.3 Å². The van der Waals surface area contributed by atoms with Gasteiger partial charge in [0.2, 0.25) is 0 Å². The number of fused-ring (bicyclic) bond motifs is 4. The largest absolute Gasteiger partial charge is 0.454 e. The maximum Gasteiger partial charge on any atom is 0.312 e. The van der Waals surface area contributed by atoms with E-state index in [-0.39, 0.29) is 17.5 Å². The topological polar surface area (TPSA) is 118 Å². The fraction of sp³-hybridized carbons (Fsp3) is 0.348. The van der Waals surface area contributed by atoms with E-state index in [0.29, 0.717) is 38.4 Å². The first-order valence-electron chi connectivity index (χ1n) is 10.6. The third-order valence-electron chi connectivity index (χ3n) is 5.96. The van der Waals surface area contributed by atoms with Crippen molar-refractivity contribution >= 4 is 38.3 Å². The predicted octanol–water partition coefficient (Wildman–Crippen LogP) is 3.19. The first kappa shape index (κ1) is 20.6. The van der Waals surface area contributed by atoms with E-state index in [0.717, 1.165) is 24.8 Å². The van der Waals surface area contributed by atoms with Crippen molar-refractivity contribution in [1.82, 2.24) is 20.2 Å². The summed E-state index contributed by atoms with van der Waals surface area (Å²) >= 11 is 1.56. The van der Waals surface area contributed by atoms with Crippen LogP contribution in [-0.2, 0) is 28.8 Å².